The summed E-state index contributed by atoms with van der Waals surface area (Å²) in [5.41, 5.74) is 0. The van der Waals surface area contributed by atoms with Crippen LogP contribution in [0.1, 0.15) is 11.5 Å². The number of hydrogen-bond donors (Lipinski definition) is 0. The first-order valence-electron chi connectivity index (χ1n) is 4.77. The summed E-state index contributed by atoms with van der Waals surface area (Å²) in [5.74, 6) is 2.37. The summed E-state index contributed by atoms with van der Waals surface area (Å²) in [6, 6.07) is 7.13. The second kappa shape index (κ2) is 4.61. The van der Waals surface area contributed by atoms with Crippen LogP contribution in [0.3, 0.4) is 0 Å². The van der Waals surface area contributed by atoms with Gasteiger partial charge in [0.25, 0.3) is 11.9 Å². The molecule has 0 radical (unpaired) electrons. The van der Waals surface area contributed by atoms with Gasteiger partial charge in [-0.1, -0.05) is 0 Å². The maximum atomic E-state index is 5.31. The zero-order valence-electron chi connectivity index (χ0n) is 9.10. The lowest BCUT2D eigenvalue weighted by Crippen LogP contribution is -1.75. The third-order valence-corrected chi connectivity index (χ3v) is 2.02. The van der Waals surface area contributed by atoms with Crippen LogP contribution >= 0.6 is 0 Å². The molecule has 0 unspecified atom stereocenters. The average molecular weight is 220 g/mol. The largest absolute Gasteiger partial charge is 0.468 e. The van der Waals surface area contributed by atoms with E-state index in [0.29, 0.717) is 23.4 Å². The number of methoxy groups -OCH3 is 2. The molecule has 0 amide bonds. The fraction of sp³-hybridized carbons (Fsp3) is 0.167. The van der Waals surface area contributed by atoms with Gasteiger partial charge in [-0.25, -0.2) is 0 Å². The first-order valence-corrected chi connectivity index (χ1v) is 4.77. The molecule has 0 saturated heterocycles. The van der Waals surface area contributed by atoms with Crippen molar-refractivity contribution in [3.05, 3.63) is 35.8 Å². The molecule has 0 aliphatic rings. The van der Waals surface area contributed by atoms with Crippen LogP contribution in [0.15, 0.2) is 33.1 Å². The predicted molar refractivity (Wildman–Crippen MR) is 59.4 cm³/mol. The molecule has 0 aromatic carbocycles. The highest BCUT2D eigenvalue weighted by Gasteiger charge is 1.99. The van der Waals surface area contributed by atoms with E-state index in [1.54, 1.807) is 38.5 Å². The molecule has 84 valence electrons. The molecule has 0 fully saturated rings. The molecule has 0 spiro atoms. The van der Waals surface area contributed by atoms with Crippen LogP contribution in [-0.2, 0) is 0 Å². The SMILES string of the molecule is COc1ccc(/C=C/c2ccc(OC)o2)o1. The van der Waals surface area contributed by atoms with E-state index in [4.69, 9.17) is 18.3 Å². The lowest BCUT2D eigenvalue weighted by molar-refractivity contribution is 0.302. The van der Waals surface area contributed by atoms with E-state index in [0.717, 1.165) is 0 Å². The van der Waals surface area contributed by atoms with Gasteiger partial charge in [-0.15, -0.1) is 0 Å². The molecule has 2 heterocycles. The second-order valence-electron chi connectivity index (χ2n) is 3.06. The first kappa shape index (κ1) is 10.4. The van der Waals surface area contributed by atoms with Crippen LogP contribution in [0.25, 0.3) is 12.2 Å². The van der Waals surface area contributed by atoms with Crippen molar-refractivity contribution in [3.63, 3.8) is 0 Å². The van der Waals surface area contributed by atoms with E-state index in [1.807, 2.05) is 12.1 Å². The Bertz CT molecular complexity index is 434. The summed E-state index contributed by atoms with van der Waals surface area (Å²) < 4.78 is 20.5. The van der Waals surface area contributed by atoms with E-state index < -0.39 is 0 Å². The molecule has 2 rings (SSSR count). The fourth-order valence-corrected chi connectivity index (χ4v) is 1.23. The van der Waals surface area contributed by atoms with Crippen molar-refractivity contribution in [2.75, 3.05) is 14.2 Å². The van der Waals surface area contributed by atoms with E-state index in [9.17, 15) is 0 Å². The van der Waals surface area contributed by atoms with E-state index >= 15 is 0 Å². The average Bonchev–Trinajstić information content (AvgIpc) is 2.95. The van der Waals surface area contributed by atoms with Gasteiger partial charge >= 0.3 is 0 Å². The second-order valence-corrected chi connectivity index (χ2v) is 3.06. The Hall–Kier alpha value is -2.10. The molecule has 0 saturated carbocycles. The van der Waals surface area contributed by atoms with Gasteiger partial charge in [0.05, 0.1) is 14.2 Å². The number of hydrogen-bond acceptors (Lipinski definition) is 4. The molecule has 0 bridgehead atoms. The summed E-state index contributed by atoms with van der Waals surface area (Å²) in [6.45, 7) is 0. The molecule has 2 aromatic heterocycles. The van der Waals surface area contributed by atoms with Crippen LogP contribution in [0.5, 0.6) is 11.9 Å². The van der Waals surface area contributed by atoms with Crippen LogP contribution in [0.4, 0.5) is 0 Å². The monoisotopic (exact) mass is 220 g/mol. The molecule has 4 heteroatoms. The van der Waals surface area contributed by atoms with E-state index in [1.165, 1.54) is 0 Å². The minimum atomic E-state index is 0.483. The highest BCUT2D eigenvalue weighted by atomic mass is 16.6. The number of ether oxygens (including phenoxy) is 2. The molecule has 2 aromatic rings. The molecule has 0 aliphatic heterocycles. The lowest BCUT2D eigenvalue weighted by Gasteiger charge is -1.90. The van der Waals surface area contributed by atoms with E-state index in [-0.39, 0.29) is 0 Å². The van der Waals surface area contributed by atoms with Gasteiger partial charge in [0.1, 0.15) is 11.5 Å². The fourth-order valence-electron chi connectivity index (χ4n) is 1.23. The van der Waals surface area contributed by atoms with E-state index in [2.05, 4.69) is 0 Å². The van der Waals surface area contributed by atoms with Crippen molar-refractivity contribution in [2.45, 2.75) is 0 Å². The predicted octanol–water partition coefficient (Wildman–Crippen LogP) is 3.06. The normalized spacial score (nSPS) is 10.9. The topological polar surface area (TPSA) is 44.7 Å². The smallest absolute Gasteiger partial charge is 0.284 e. The molecule has 0 atom stereocenters. The zero-order valence-corrected chi connectivity index (χ0v) is 9.10. The molecule has 0 aliphatic carbocycles. The van der Waals surface area contributed by atoms with Crippen LogP contribution in [0, 0.1) is 0 Å². The number of furan rings is 2. The quantitative estimate of drug-likeness (QED) is 0.794. The van der Waals surface area contributed by atoms with Crippen molar-refractivity contribution in [1.29, 1.82) is 0 Å². The van der Waals surface area contributed by atoms with Crippen molar-refractivity contribution < 1.29 is 18.3 Å². The van der Waals surface area contributed by atoms with Crippen molar-refractivity contribution in [1.82, 2.24) is 0 Å². The molecule has 0 N–H and O–H groups in total. The Balaban J connectivity index is 2.08. The standard InChI is InChI=1S/C12H12O4/c1-13-11-7-5-9(15-11)3-4-10-6-8-12(14-2)16-10/h3-8H,1-2H3/b4-3+. The summed E-state index contributed by atoms with van der Waals surface area (Å²) in [7, 11) is 3.12. The van der Waals surface area contributed by atoms with Gasteiger partial charge < -0.3 is 18.3 Å². The van der Waals surface area contributed by atoms with Crippen LogP contribution in [0.2, 0.25) is 0 Å². The van der Waals surface area contributed by atoms with Crippen LogP contribution < -0.4 is 9.47 Å². The molecule has 4 nitrogen and oxygen atoms in total. The summed E-state index contributed by atoms with van der Waals surface area (Å²) in [4.78, 5) is 0. The van der Waals surface area contributed by atoms with Gasteiger partial charge in [0.15, 0.2) is 0 Å². The minimum Gasteiger partial charge on any atom is -0.468 e. The third kappa shape index (κ3) is 2.28. The highest BCUT2D eigenvalue weighted by Crippen LogP contribution is 2.20. The Morgan fingerprint density at radius 3 is 1.56 bits per heavy atom. The summed E-state index contributed by atoms with van der Waals surface area (Å²) in [6.07, 6.45) is 3.58. The Kier molecular flexibility index (Phi) is 3.00. The summed E-state index contributed by atoms with van der Waals surface area (Å²) >= 11 is 0. The maximum Gasteiger partial charge on any atom is 0.284 e. The minimum absolute atomic E-state index is 0.483. The van der Waals surface area contributed by atoms with Crippen LogP contribution in [-0.4, -0.2) is 14.2 Å². The Morgan fingerprint density at radius 1 is 0.812 bits per heavy atom. The lowest BCUT2D eigenvalue weighted by atomic mass is 10.3. The van der Waals surface area contributed by atoms with Gasteiger partial charge in [0.2, 0.25) is 0 Å². The van der Waals surface area contributed by atoms with Gasteiger partial charge in [-0.2, -0.15) is 0 Å². The van der Waals surface area contributed by atoms with Gasteiger partial charge in [-0.3, -0.25) is 0 Å². The van der Waals surface area contributed by atoms with Gasteiger partial charge in [-0.05, 0) is 24.3 Å². The summed E-state index contributed by atoms with van der Waals surface area (Å²) in [5, 5.41) is 0. The first-order chi connectivity index (χ1) is 7.81. The zero-order chi connectivity index (χ0) is 11.4. The van der Waals surface area contributed by atoms with Crippen molar-refractivity contribution in [3.8, 4) is 11.9 Å². The van der Waals surface area contributed by atoms with Crippen molar-refractivity contribution >= 4 is 12.2 Å². The Labute approximate surface area is 93.1 Å². The van der Waals surface area contributed by atoms with Crippen molar-refractivity contribution in [2.24, 2.45) is 0 Å². The maximum absolute atomic E-state index is 5.31. The highest BCUT2D eigenvalue weighted by molar-refractivity contribution is 5.65. The molecular formula is C12H12O4. The molecule has 16 heavy (non-hydrogen) atoms. The van der Waals surface area contributed by atoms with Gasteiger partial charge in [0, 0.05) is 12.1 Å². The number of rotatable bonds is 4. The molecular weight excluding hydrogens is 208 g/mol. The third-order valence-electron chi connectivity index (χ3n) is 2.02. The Morgan fingerprint density at radius 2 is 1.25 bits per heavy atom.